The summed E-state index contributed by atoms with van der Waals surface area (Å²) in [5, 5.41) is 10.8. The van der Waals surface area contributed by atoms with Gasteiger partial charge in [-0.3, -0.25) is 9.89 Å². The molecule has 122 valence electrons. The quantitative estimate of drug-likeness (QED) is 0.794. The second-order valence-electron chi connectivity index (χ2n) is 6.07. The monoisotopic (exact) mass is 330 g/mol. The van der Waals surface area contributed by atoms with Crippen LogP contribution in [0, 0.1) is 12.8 Å². The molecule has 0 unspecified atom stereocenters. The van der Waals surface area contributed by atoms with Crippen LogP contribution >= 0.6 is 11.8 Å². The normalized spacial score (nSPS) is 15.0. The molecular weight excluding hydrogens is 308 g/mol. The molecule has 2 N–H and O–H groups in total. The SMILES string of the molecule is Cc1ccccc1NC(=O)CSc1n[nH]c(CC2CCCC2)n1. The Morgan fingerprint density at radius 2 is 2.13 bits per heavy atom. The van der Waals surface area contributed by atoms with Gasteiger partial charge in [-0.15, -0.1) is 5.10 Å². The van der Waals surface area contributed by atoms with Crippen molar-refractivity contribution >= 4 is 23.4 Å². The van der Waals surface area contributed by atoms with Crippen molar-refractivity contribution in [3.63, 3.8) is 0 Å². The van der Waals surface area contributed by atoms with Crippen molar-refractivity contribution in [1.29, 1.82) is 0 Å². The Balaban J connectivity index is 1.47. The number of rotatable bonds is 6. The molecule has 1 amide bonds. The third-order valence-electron chi connectivity index (χ3n) is 4.22. The van der Waals surface area contributed by atoms with E-state index in [1.807, 2.05) is 31.2 Å². The summed E-state index contributed by atoms with van der Waals surface area (Å²) in [4.78, 5) is 16.5. The number of aryl methyl sites for hydroxylation is 1. The van der Waals surface area contributed by atoms with Gasteiger partial charge in [0.2, 0.25) is 11.1 Å². The molecule has 0 bridgehead atoms. The van der Waals surface area contributed by atoms with Gasteiger partial charge >= 0.3 is 0 Å². The first-order valence-corrected chi connectivity index (χ1v) is 9.09. The van der Waals surface area contributed by atoms with Gasteiger partial charge in [-0.05, 0) is 24.5 Å². The van der Waals surface area contributed by atoms with E-state index in [0.29, 0.717) is 10.9 Å². The zero-order valence-corrected chi connectivity index (χ0v) is 14.2. The molecule has 5 nitrogen and oxygen atoms in total. The first-order valence-electron chi connectivity index (χ1n) is 8.10. The highest BCUT2D eigenvalue weighted by atomic mass is 32.2. The molecule has 1 aliphatic carbocycles. The topological polar surface area (TPSA) is 70.7 Å². The third kappa shape index (κ3) is 4.58. The number of aromatic amines is 1. The van der Waals surface area contributed by atoms with Gasteiger partial charge in [-0.2, -0.15) is 0 Å². The van der Waals surface area contributed by atoms with Crippen molar-refractivity contribution in [1.82, 2.24) is 15.2 Å². The first kappa shape index (κ1) is 16.1. The molecule has 1 fully saturated rings. The maximum Gasteiger partial charge on any atom is 0.234 e. The van der Waals surface area contributed by atoms with Crippen LogP contribution in [0.1, 0.15) is 37.1 Å². The Morgan fingerprint density at radius 1 is 1.35 bits per heavy atom. The lowest BCUT2D eigenvalue weighted by Gasteiger charge is -2.06. The van der Waals surface area contributed by atoms with Gasteiger partial charge in [-0.1, -0.05) is 55.6 Å². The third-order valence-corrected chi connectivity index (χ3v) is 5.07. The van der Waals surface area contributed by atoms with Crippen LogP contribution in [0.3, 0.4) is 0 Å². The summed E-state index contributed by atoms with van der Waals surface area (Å²) in [6.07, 6.45) is 6.23. The van der Waals surface area contributed by atoms with E-state index in [2.05, 4.69) is 20.5 Å². The lowest BCUT2D eigenvalue weighted by Crippen LogP contribution is -2.14. The zero-order chi connectivity index (χ0) is 16.1. The number of para-hydroxylation sites is 1. The number of amides is 1. The Morgan fingerprint density at radius 3 is 2.91 bits per heavy atom. The van der Waals surface area contributed by atoms with Crippen molar-refractivity contribution in [3.05, 3.63) is 35.7 Å². The fraction of sp³-hybridized carbons (Fsp3) is 0.471. The summed E-state index contributed by atoms with van der Waals surface area (Å²) < 4.78 is 0. The highest BCUT2D eigenvalue weighted by Crippen LogP contribution is 2.27. The highest BCUT2D eigenvalue weighted by Gasteiger charge is 2.17. The van der Waals surface area contributed by atoms with Crippen LogP contribution in [-0.4, -0.2) is 26.8 Å². The fourth-order valence-electron chi connectivity index (χ4n) is 2.95. The summed E-state index contributed by atoms with van der Waals surface area (Å²) in [6, 6.07) is 7.76. The molecule has 23 heavy (non-hydrogen) atoms. The molecule has 1 aromatic carbocycles. The lowest BCUT2D eigenvalue weighted by atomic mass is 10.0. The largest absolute Gasteiger partial charge is 0.325 e. The van der Waals surface area contributed by atoms with E-state index in [0.717, 1.165) is 29.4 Å². The van der Waals surface area contributed by atoms with Crippen molar-refractivity contribution < 1.29 is 4.79 Å². The van der Waals surface area contributed by atoms with Crippen molar-refractivity contribution in [2.45, 2.75) is 44.2 Å². The number of thioether (sulfide) groups is 1. The van der Waals surface area contributed by atoms with Crippen LogP contribution in [0.4, 0.5) is 5.69 Å². The summed E-state index contributed by atoms with van der Waals surface area (Å²) in [5.74, 6) is 1.96. The van der Waals surface area contributed by atoms with Gasteiger partial charge < -0.3 is 5.32 Å². The second kappa shape index (κ2) is 7.64. The Bertz CT molecular complexity index is 664. The summed E-state index contributed by atoms with van der Waals surface area (Å²) in [5.41, 5.74) is 1.91. The molecule has 1 saturated carbocycles. The van der Waals surface area contributed by atoms with Crippen LogP contribution in [0.2, 0.25) is 0 Å². The standard InChI is InChI=1S/C17H22N4OS/c1-12-6-2-5-9-14(12)18-16(22)11-23-17-19-15(20-21-17)10-13-7-3-4-8-13/h2,5-6,9,13H,3-4,7-8,10-11H2,1H3,(H,18,22)(H,19,20,21). The number of anilines is 1. The zero-order valence-electron chi connectivity index (χ0n) is 13.3. The van der Waals surface area contributed by atoms with Crippen LogP contribution in [0.25, 0.3) is 0 Å². The number of hydrogen-bond acceptors (Lipinski definition) is 4. The number of hydrogen-bond donors (Lipinski definition) is 2. The first-order chi connectivity index (χ1) is 11.2. The van der Waals surface area contributed by atoms with Crippen molar-refractivity contribution in [3.8, 4) is 0 Å². The average Bonchev–Trinajstić information content (AvgIpc) is 3.20. The summed E-state index contributed by atoms with van der Waals surface area (Å²) >= 11 is 1.37. The average molecular weight is 330 g/mol. The minimum absolute atomic E-state index is 0.0357. The van der Waals surface area contributed by atoms with Crippen LogP contribution in [0.15, 0.2) is 29.4 Å². The summed E-state index contributed by atoms with van der Waals surface area (Å²) in [7, 11) is 0. The number of aromatic nitrogens is 3. The van der Waals surface area contributed by atoms with Crippen LogP contribution < -0.4 is 5.32 Å². The van der Waals surface area contributed by atoms with Gasteiger partial charge in [0.05, 0.1) is 5.75 Å². The van der Waals surface area contributed by atoms with E-state index in [4.69, 9.17) is 0 Å². The molecule has 0 radical (unpaired) electrons. The maximum atomic E-state index is 12.0. The molecule has 3 rings (SSSR count). The minimum atomic E-state index is -0.0357. The number of nitrogens with one attached hydrogen (secondary N) is 2. The van der Waals surface area contributed by atoms with Crippen LogP contribution in [0.5, 0.6) is 0 Å². The molecule has 0 aliphatic heterocycles. The number of carbonyl (C=O) groups excluding carboxylic acids is 1. The predicted octanol–water partition coefficient (Wildman–Crippen LogP) is 3.58. The lowest BCUT2D eigenvalue weighted by molar-refractivity contribution is -0.113. The summed E-state index contributed by atoms with van der Waals surface area (Å²) in [6.45, 7) is 1.98. The number of carbonyl (C=O) groups is 1. The Labute approximate surface area is 140 Å². The van der Waals surface area contributed by atoms with Gasteiger partial charge in [0.1, 0.15) is 5.82 Å². The van der Waals surface area contributed by atoms with Gasteiger partial charge in [-0.25, -0.2) is 4.98 Å². The smallest absolute Gasteiger partial charge is 0.234 e. The van der Waals surface area contributed by atoms with Crippen molar-refractivity contribution in [2.75, 3.05) is 11.1 Å². The highest BCUT2D eigenvalue weighted by molar-refractivity contribution is 7.99. The van der Waals surface area contributed by atoms with E-state index >= 15 is 0 Å². The number of benzene rings is 1. The maximum absolute atomic E-state index is 12.0. The number of H-pyrrole nitrogens is 1. The molecule has 2 aromatic rings. The molecule has 0 saturated heterocycles. The minimum Gasteiger partial charge on any atom is -0.325 e. The van der Waals surface area contributed by atoms with E-state index in [1.54, 1.807) is 0 Å². The van der Waals surface area contributed by atoms with Gasteiger partial charge in [0.15, 0.2) is 0 Å². The Kier molecular flexibility index (Phi) is 5.33. The van der Waals surface area contributed by atoms with E-state index in [-0.39, 0.29) is 5.91 Å². The molecule has 1 aliphatic rings. The van der Waals surface area contributed by atoms with Gasteiger partial charge in [0, 0.05) is 12.1 Å². The number of nitrogens with zero attached hydrogens (tertiary/aromatic N) is 2. The molecule has 1 aromatic heterocycles. The molecule has 1 heterocycles. The van der Waals surface area contributed by atoms with Crippen molar-refractivity contribution in [2.24, 2.45) is 5.92 Å². The molecule has 0 atom stereocenters. The Hall–Kier alpha value is -1.82. The molecule has 0 spiro atoms. The van der Waals surface area contributed by atoms with E-state index < -0.39 is 0 Å². The second-order valence-corrected chi connectivity index (χ2v) is 7.01. The van der Waals surface area contributed by atoms with Gasteiger partial charge in [0.25, 0.3) is 0 Å². The van der Waals surface area contributed by atoms with Crippen LogP contribution in [-0.2, 0) is 11.2 Å². The fourth-order valence-corrected chi connectivity index (χ4v) is 3.57. The van der Waals surface area contributed by atoms with E-state index in [1.165, 1.54) is 37.4 Å². The molecule has 6 heteroatoms. The molecular formula is C17H22N4OS. The van der Waals surface area contributed by atoms with E-state index in [9.17, 15) is 4.79 Å². The predicted molar refractivity (Wildman–Crippen MR) is 92.6 cm³/mol.